The van der Waals surface area contributed by atoms with Gasteiger partial charge in [-0.15, -0.1) is 0 Å². The van der Waals surface area contributed by atoms with E-state index in [4.69, 9.17) is 4.42 Å². The van der Waals surface area contributed by atoms with Crippen LogP contribution < -0.4 is 10.7 Å². The number of nitrogens with one attached hydrogen (secondary N) is 1. The fraction of sp³-hybridized carbons (Fsp3) is 0.333. The molecule has 2 heterocycles. The number of anilines is 1. The van der Waals surface area contributed by atoms with E-state index in [1.165, 1.54) is 34.6 Å². The van der Waals surface area contributed by atoms with Gasteiger partial charge in [0.1, 0.15) is 5.58 Å². The summed E-state index contributed by atoms with van der Waals surface area (Å²) in [6, 6.07) is 12.5. The zero-order valence-electron chi connectivity index (χ0n) is 18.1. The maximum absolute atomic E-state index is 12.9. The zero-order valence-corrected chi connectivity index (χ0v) is 18.9. The molecule has 0 aliphatic carbocycles. The molecule has 32 heavy (non-hydrogen) atoms. The molecule has 1 fully saturated rings. The van der Waals surface area contributed by atoms with Crippen molar-refractivity contribution < 1.29 is 17.6 Å². The predicted molar refractivity (Wildman–Crippen MR) is 123 cm³/mol. The van der Waals surface area contributed by atoms with E-state index in [1.807, 2.05) is 19.9 Å². The van der Waals surface area contributed by atoms with Crippen molar-refractivity contribution in [2.75, 3.05) is 18.4 Å². The molecular weight excluding hydrogens is 428 g/mol. The third-order valence-corrected chi connectivity index (χ3v) is 7.67. The number of rotatable bonds is 5. The molecule has 1 atom stereocenters. The van der Waals surface area contributed by atoms with Gasteiger partial charge in [0.05, 0.1) is 10.3 Å². The number of hydrogen-bond acceptors (Lipinski definition) is 5. The lowest BCUT2D eigenvalue weighted by atomic mass is 10.0. The number of aryl methyl sites for hydroxylation is 1. The van der Waals surface area contributed by atoms with Crippen molar-refractivity contribution in [1.29, 1.82) is 0 Å². The Labute approximate surface area is 187 Å². The van der Waals surface area contributed by atoms with E-state index >= 15 is 0 Å². The number of nitrogens with zero attached hydrogens (tertiary/aromatic N) is 1. The van der Waals surface area contributed by atoms with Gasteiger partial charge in [0.2, 0.25) is 10.0 Å². The average molecular weight is 455 g/mol. The van der Waals surface area contributed by atoms with Crippen molar-refractivity contribution in [3.63, 3.8) is 0 Å². The van der Waals surface area contributed by atoms with Gasteiger partial charge in [-0.3, -0.25) is 9.59 Å². The van der Waals surface area contributed by atoms with Crippen molar-refractivity contribution in [3.05, 3.63) is 70.1 Å². The zero-order chi connectivity index (χ0) is 22.9. The van der Waals surface area contributed by atoms with Gasteiger partial charge in [-0.2, -0.15) is 4.31 Å². The van der Waals surface area contributed by atoms with Gasteiger partial charge in [0.25, 0.3) is 5.91 Å². The molecule has 0 bridgehead atoms. The fourth-order valence-corrected chi connectivity index (χ4v) is 5.55. The van der Waals surface area contributed by atoms with Crippen LogP contribution in [0.15, 0.2) is 62.6 Å². The highest BCUT2D eigenvalue weighted by Gasteiger charge is 2.28. The molecule has 8 heteroatoms. The molecule has 1 aliphatic rings. The van der Waals surface area contributed by atoms with Crippen LogP contribution in [0.2, 0.25) is 0 Å². The summed E-state index contributed by atoms with van der Waals surface area (Å²) in [5.41, 5.74) is 1.47. The number of amides is 1. The molecule has 1 aliphatic heterocycles. The molecule has 168 valence electrons. The van der Waals surface area contributed by atoms with Crippen LogP contribution in [0.1, 0.15) is 42.8 Å². The number of benzene rings is 2. The van der Waals surface area contributed by atoms with E-state index in [0.29, 0.717) is 35.7 Å². The molecule has 1 aromatic heterocycles. The molecule has 0 saturated carbocycles. The van der Waals surface area contributed by atoms with Gasteiger partial charge in [-0.25, -0.2) is 8.42 Å². The van der Waals surface area contributed by atoms with Crippen LogP contribution in [0.3, 0.4) is 0 Å². The Bertz CT molecular complexity index is 1310. The van der Waals surface area contributed by atoms with Crippen molar-refractivity contribution in [2.24, 2.45) is 5.92 Å². The van der Waals surface area contributed by atoms with Crippen LogP contribution in [0.5, 0.6) is 0 Å². The van der Waals surface area contributed by atoms with E-state index in [1.54, 1.807) is 12.1 Å². The maximum Gasteiger partial charge on any atom is 0.291 e. The minimum absolute atomic E-state index is 0.106. The molecule has 0 radical (unpaired) electrons. The Kier molecular flexibility index (Phi) is 6.17. The summed E-state index contributed by atoms with van der Waals surface area (Å²) in [5.74, 6) is -0.350. The van der Waals surface area contributed by atoms with Crippen LogP contribution in [0.4, 0.5) is 5.69 Å². The number of carbonyl (C=O) groups is 1. The molecule has 0 spiro atoms. The lowest BCUT2D eigenvalue weighted by molar-refractivity contribution is 0.0997. The first-order valence-electron chi connectivity index (χ1n) is 10.8. The Morgan fingerprint density at radius 1 is 1.16 bits per heavy atom. The standard InChI is InChI=1S/C24H26N2O5S/c1-3-17-6-11-22-20(13-17)21(27)14-23(31-22)24(28)25-18-7-9-19(10-8-18)32(29,30)26-12-4-5-16(2)15-26/h6-11,13-14,16H,3-5,12,15H2,1-2H3,(H,25,28)/t16-/m1/s1. The molecular formula is C24H26N2O5S. The van der Waals surface area contributed by atoms with Gasteiger partial charge in [0, 0.05) is 24.8 Å². The summed E-state index contributed by atoms with van der Waals surface area (Å²) in [5, 5.41) is 3.09. The van der Waals surface area contributed by atoms with Crippen LogP contribution in [-0.4, -0.2) is 31.7 Å². The van der Waals surface area contributed by atoms with E-state index in [9.17, 15) is 18.0 Å². The van der Waals surface area contributed by atoms with Crippen molar-refractivity contribution >= 4 is 32.6 Å². The predicted octanol–water partition coefficient (Wildman–Crippen LogP) is 4.03. The second kappa shape index (κ2) is 8.88. The fourth-order valence-electron chi connectivity index (χ4n) is 3.95. The van der Waals surface area contributed by atoms with E-state index in [2.05, 4.69) is 5.32 Å². The highest BCUT2D eigenvalue weighted by molar-refractivity contribution is 7.89. The van der Waals surface area contributed by atoms with Crippen molar-refractivity contribution in [2.45, 2.75) is 38.0 Å². The SMILES string of the molecule is CCc1ccc2oc(C(=O)Nc3ccc(S(=O)(=O)N4CCC[C@@H](C)C4)cc3)cc(=O)c2c1. The average Bonchev–Trinajstić information content (AvgIpc) is 2.79. The van der Waals surface area contributed by atoms with Crippen molar-refractivity contribution in [1.82, 2.24) is 4.31 Å². The summed E-state index contributed by atoms with van der Waals surface area (Å²) in [4.78, 5) is 25.3. The van der Waals surface area contributed by atoms with Crippen LogP contribution in [0, 0.1) is 5.92 Å². The maximum atomic E-state index is 12.9. The quantitative estimate of drug-likeness (QED) is 0.628. The summed E-state index contributed by atoms with van der Waals surface area (Å²) in [6.45, 7) is 5.08. The molecule has 0 unspecified atom stereocenters. The Balaban J connectivity index is 1.52. The van der Waals surface area contributed by atoms with Crippen LogP contribution >= 0.6 is 0 Å². The summed E-state index contributed by atoms with van der Waals surface area (Å²) in [6.07, 6.45) is 2.67. The van der Waals surface area contributed by atoms with Gasteiger partial charge < -0.3 is 9.73 Å². The molecule has 3 aromatic rings. The van der Waals surface area contributed by atoms with Gasteiger partial charge in [-0.1, -0.05) is 19.9 Å². The number of hydrogen-bond donors (Lipinski definition) is 1. The first-order chi connectivity index (χ1) is 15.3. The lowest BCUT2D eigenvalue weighted by Gasteiger charge is -2.30. The highest BCUT2D eigenvalue weighted by Crippen LogP contribution is 2.24. The summed E-state index contributed by atoms with van der Waals surface area (Å²) < 4.78 is 32.9. The smallest absolute Gasteiger partial charge is 0.291 e. The number of piperidine rings is 1. The topological polar surface area (TPSA) is 96.7 Å². The molecule has 1 N–H and O–H groups in total. The van der Waals surface area contributed by atoms with E-state index in [0.717, 1.165) is 24.8 Å². The van der Waals surface area contributed by atoms with E-state index < -0.39 is 15.9 Å². The van der Waals surface area contributed by atoms with Crippen LogP contribution in [0.25, 0.3) is 11.0 Å². The first kappa shape index (κ1) is 22.2. The number of sulfonamides is 1. The molecule has 2 aromatic carbocycles. The Morgan fingerprint density at radius 3 is 2.59 bits per heavy atom. The molecule has 1 saturated heterocycles. The van der Waals surface area contributed by atoms with Gasteiger partial charge >= 0.3 is 0 Å². The van der Waals surface area contributed by atoms with Crippen LogP contribution in [-0.2, 0) is 16.4 Å². The lowest BCUT2D eigenvalue weighted by Crippen LogP contribution is -2.39. The Morgan fingerprint density at radius 2 is 1.91 bits per heavy atom. The minimum Gasteiger partial charge on any atom is -0.451 e. The monoisotopic (exact) mass is 454 g/mol. The second-order valence-corrected chi connectivity index (χ2v) is 10.2. The first-order valence-corrected chi connectivity index (χ1v) is 12.2. The molecule has 7 nitrogen and oxygen atoms in total. The van der Waals surface area contributed by atoms with Gasteiger partial charge in [-0.05, 0) is 67.1 Å². The number of fused-ring (bicyclic) bond motifs is 1. The largest absolute Gasteiger partial charge is 0.451 e. The Hall–Kier alpha value is -2.97. The third kappa shape index (κ3) is 4.47. The highest BCUT2D eigenvalue weighted by atomic mass is 32.2. The normalized spacial score (nSPS) is 17.4. The van der Waals surface area contributed by atoms with Gasteiger partial charge in [0.15, 0.2) is 11.2 Å². The molecule has 1 amide bonds. The summed E-state index contributed by atoms with van der Waals surface area (Å²) in [7, 11) is -3.57. The number of carbonyl (C=O) groups excluding carboxylic acids is 1. The van der Waals surface area contributed by atoms with E-state index in [-0.39, 0.29) is 16.1 Å². The van der Waals surface area contributed by atoms with Crippen molar-refractivity contribution in [3.8, 4) is 0 Å². The minimum atomic E-state index is -3.57. The molecule has 4 rings (SSSR count). The summed E-state index contributed by atoms with van der Waals surface area (Å²) >= 11 is 0. The second-order valence-electron chi connectivity index (χ2n) is 8.25. The third-order valence-electron chi connectivity index (χ3n) is 5.79.